The SMILES string of the molecule is CC(C)(C)OC(=O)N1CCC[C@H]1C#CC#C[C@@H]1CCCN1C(=O)OC(C)(C)C. The lowest BCUT2D eigenvalue weighted by atomic mass is 10.2. The van der Waals surface area contributed by atoms with Crippen molar-refractivity contribution in [2.24, 2.45) is 0 Å². The molecule has 2 atom stereocenters. The standard InChI is InChI=1S/C22H32N2O4/c1-21(2,3)27-19(25)23-15-9-13-17(23)11-7-8-12-18-14-10-16-24(18)20(26)28-22(4,5)6/h17-18H,9-10,13-16H2,1-6H3/t17-,18-/m1/s1. The van der Waals surface area contributed by atoms with Gasteiger partial charge in [0.15, 0.2) is 0 Å². The number of amides is 2. The summed E-state index contributed by atoms with van der Waals surface area (Å²) in [6.07, 6.45) is 2.79. The Kier molecular flexibility index (Phi) is 6.88. The fourth-order valence-corrected chi connectivity index (χ4v) is 3.15. The molecule has 2 rings (SSSR count). The zero-order chi connectivity index (χ0) is 20.9. The summed E-state index contributed by atoms with van der Waals surface area (Å²) in [6.45, 7) is 12.4. The number of carbonyl (C=O) groups excluding carboxylic acids is 2. The lowest BCUT2D eigenvalue weighted by molar-refractivity contribution is 0.0250. The number of hydrogen-bond acceptors (Lipinski definition) is 4. The second-order valence-electron chi connectivity index (χ2n) is 9.20. The Labute approximate surface area is 168 Å². The zero-order valence-corrected chi connectivity index (χ0v) is 17.9. The predicted molar refractivity (Wildman–Crippen MR) is 107 cm³/mol. The highest BCUT2D eigenvalue weighted by Crippen LogP contribution is 2.21. The van der Waals surface area contributed by atoms with Crippen LogP contribution >= 0.6 is 0 Å². The highest BCUT2D eigenvalue weighted by Gasteiger charge is 2.32. The summed E-state index contributed by atoms with van der Waals surface area (Å²) in [6, 6.07) is -0.343. The van der Waals surface area contributed by atoms with Crippen LogP contribution in [-0.2, 0) is 9.47 Å². The highest BCUT2D eigenvalue weighted by molar-refractivity contribution is 5.70. The summed E-state index contributed by atoms with van der Waals surface area (Å²) < 4.78 is 10.9. The van der Waals surface area contributed by atoms with Crippen molar-refractivity contribution in [3.05, 3.63) is 0 Å². The van der Waals surface area contributed by atoms with Crippen LogP contribution < -0.4 is 0 Å². The molecule has 2 amide bonds. The van der Waals surface area contributed by atoms with Crippen molar-refractivity contribution in [2.75, 3.05) is 13.1 Å². The molecule has 2 fully saturated rings. The summed E-state index contributed by atoms with van der Waals surface area (Å²) >= 11 is 0. The molecule has 0 aliphatic carbocycles. The minimum absolute atomic E-state index is 0.172. The summed E-state index contributed by atoms with van der Waals surface area (Å²) in [5, 5.41) is 0. The summed E-state index contributed by atoms with van der Waals surface area (Å²) in [4.78, 5) is 27.9. The molecule has 2 saturated heterocycles. The normalized spacial score (nSPS) is 22.1. The molecule has 28 heavy (non-hydrogen) atoms. The number of ether oxygens (including phenoxy) is 2. The molecular formula is C22H32N2O4. The van der Waals surface area contributed by atoms with Crippen LogP contribution in [0.15, 0.2) is 0 Å². The first-order valence-electron chi connectivity index (χ1n) is 9.96. The van der Waals surface area contributed by atoms with Crippen LogP contribution in [0, 0.1) is 23.7 Å². The third kappa shape index (κ3) is 6.68. The van der Waals surface area contributed by atoms with E-state index in [1.54, 1.807) is 9.80 Å². The molecule has 0 aromatic carbocycles. The molecular weight excluding hydrogens is 356 g/mol. The average Bonchev–Trinajstić information content (AvgIpc) is 3.17. The summed E-state index contributed by atoms with van der Waals surface area (Å²) in [5.41, 5.74) is -1.05. The molecule has 0 aromatic rings. The van der Waals surface area contributed by atoms with E-state index in [4.69, 9.17) is 9.47 Å². The van der Waals surface area contributed by atoms with Gasteiger partial charge in [0, 0.05) is 13.1 Å². The van der Waals surface area contributed by atoms with Gasteiger partial charge in [-0.25, -0.2) is 9.59 Å². The number of likely N-dealkylation sites (tertiary alicyclic amines) is 2. The average molecular weight is 389 g/mol. The topological polar surface area (TPSA) is 59.1 Å². The van der Waals surface area contributed by atoms with Gasteiger partial charge in [-0.3, -0.25) is 9.80 Å². The summed E-state index contributed by atoms with van der Waals surface area (Å²) in [7, 11) is 0. The molecule has 6 nitrogen and oxygen atoms in total. The molecule has 0 radical (unpaired) electrons. The van der Waals surface area contributed by atoms with Crippen LogP contribution in [-0.4, -0.2) is 58.4 Å². The minimum Gasteiger partial charge on any atom is -0.444 e. The van der Waals surface area contributed by atoms with E-state index in [1.807, 2.05) is 41.5 Å². The Bertz CT molecular complexity index is 647. The van der Waals surface area contributed by atoms with Crippen LogP contribution in [0.5, 0.6) is 0 Å². The molecule has 2 aliphatic heterocycles. The highest BCUT2D eigenvalue weighted by atomic mass is 16.6. The molecule has 0 N–H and O–H groups in total. The Balaban J connectivity index is 1.97. The Morgan fingerprint density at radius 3 is 1.43 bits per heavy atom. The van der Waals surface area contributed by atoms with Crippen molar-refractivity contribution >= 4 is 12.2 Å². The molecule has 0 bridgehead atoms. The molecule has 2 heterocycles. The van der Waals surface area contributed by atoms with Gasteiger partial charge in [-0.1, -0.05) is 11.8 Å². The van der Waals surface area contributed by atoms with Crippen LogP contribution in [0.2, 0.25) is 0 Å². The van der Waals surface area contributed by atoms with Gasteiger partial charge in [0.05, 0.1) is 12.1 Å². The van der Waals surface area contributed by atoms with E-state index in [9.17, 15) is 9.59 Å². The maximum absolute atomic E-state index is 12.3. The molecule has 154 valence electrons. The molecule has 0 saturated carbocycles. The van der Waals surface area contributed by atoms with Gasteiger partial charge >= 0.3 is 12.2 Å². The van der Waals surface area contributed by atoms with Gasteiger partial charge in [0.1, 0.15) is 11.2 Å². The number of rotatable bonds is 0. The lowest BCUT2D eigenvalue weighted by Crippen LogP contribution is -2.39. The largest absolute Gasteiger partial charge is 0.444 e. The fraction of sp³-hybridized carbons (Fsp3) is 0.727. The first-order chi connectivity index (χ1) is 13.0. The van der Waals surface area contributed by atoms with E-state index in [2.05, 4.69) is 23.7 Å². The predicted octanol–water partition coefficient (Wildman–Crippen LogP) is 3.79. The lowest BCUT2D eigenvalue weighted by Gasteiger charge is -2.26. The van der Waals surface area contributed by atoms with Gasteiger partial charge in [-0.05, 0) is 79.1 Å². The van der Waals surface area contributed by atoms with Crippen molar-refractivity contribution in [1.82, 2.24) is 9.80 Å². The van der Waals surface area contributed by atoms with Crippen LogP contribution in [0.4, 0.5) is 9.59 Å². The molecule has 2 aliphatic rings. The minimum atomic E-state index is -0.523. The number of nitrogens with zero attached hydrogens (tertiary/aromatic N) is 2. The molecule has 6 heteroatoms. The monoisotopic (exact) mass is 388 g/mol. The maximum atomic E-state index is 12.3. The molecule has 0 aromatic heterocycles. The number of hydrogen-bond donors (Lipinski definition) is 0. The second-order valence-corrected chi connectivity index (χ2v) is 9.20. The number of carbonyl (C=O) groups is 2. The van der Waals surface area contributed by atoms with Crippen molar-refractivity contribution in [3.63, 3.8) is 0 Å². The second kappa shape index (κ2) is 8.78. The molecule has 0 spiro atoms. The molecule has 0 unspecified atom stereocenters. The summed E-state index contributed by atoms with van der Waals surface area (Å²) in [5.74, 6) is 11.9. The van der Waals surface area contributed by atoms with E-state index >= 15 is 0 Å². The van der Waals surface area contributed by atoms with Gasteiger partial charge in [0.25, 0.3) is 0 Å². The van der Waals surface area contributed by atoms with E-state index in [1.165, 1.54) is 0 Å². The van der Waals surface area contributed by atoms with Crippen LogP contribution in [0.25, 0.3) is 0 Å². The van der Waals surface area contributed by atoms with Gasteiger partial charge in [-0.2, -0.15) is 0 Å². The Morgan fingerprint density at radius 1 is 0.750 bits per heavy atom. The fourth-order valence-electron chi connectivity index (χ4n) is 3.15. The Hall–Kier alpha value is -2.34. The third-order valence-corrected chi connectivity index (χ3v) is 4.30. The van der Waals surface area contributed by atoms with Gasteiger partial charge in [0.2, 0.25) is 0 Å². The van der Waals surface area contributed by atoms with Crippen molar-refractivity contribution < 1.29 is 19.1 Å². The van der Waals surface area contributed by atoms with Gasteiger partial charge < -0.3 is 9.47 Å². The zero-order valence-electron chi connectivity index (χ0n) is 17.9. The van der Waals surface area contributed by atoms with E-state index < -0.39 is 11.2 Å². The quantitative estimate of drug-likeness (QED) is 0.593. The smallest absolute Gasteiger partial charge is 0.411 e. The van der Waals surface area contributed by atoms with E-state index in [0.717, 1.165) is 25.7 Å². The third-order valence-electron chi connectivity index (χ3n) is 4.30. The van der Waals surface area contributed by atoms with Crippen LogP contribution in [0.3, 0.4) is 0 Å². The first kappa shape index (κ1) is 22.0. The van der Waals surface area contributed by atoms with Crippen molar-refractivity contribution in [2.45, 2.75) is 90.5 Å². The maximum Gasteiger partial charge on any atom is 0.411 e. The van der Waals surface area contributed by atoms with E-state index in [0.29, 0.717) is 13.1 Å². The van der Waals surface area contributed by atoms with E-state index in [-0.39, 0.29) is 24.3 Å². The van der Waals surface area contributed by atoms with Crippen LogP contribution in [0.1, 0.15) is 67.2 Å². The Morgan fingerprint density at radius 2 is 1.11 bits per heavy atom. The first-order valence-corrected chi connectivity index (χ1v) is 9.96. The van der Waals surface area contributed by atoms with Crippen molar-refractivity contribution in [3.8, 4) is 23.7 Å². The van der Waals surface area contributed by atoms with Crippen molar-refractivity contribution in [1.29, 1.82) is 0 Å². The van der Waals surface area contributed by atoms with Gasteiger partial charge in [-0.15, -0.1) is 0 Å².